The first-order chi connectivity index (χ1) is 32.5. The number of carbonyl (C=O) groups excluding carboxylic acids is 10. The molecule has 2 aliphatic carbocycles. The zero-order valence-electron chi connectivity index (χ0n) is 43.0. The van der Waals surface area contributed by atoms with Crippen molar-refractivity contribution in [1.82, 2.24) is 9.80 Å². The molecule has 2 saturated heterocycles. The van der Waals surface area contributed by atoms with E-state index in [2.05, 4.69) is 36.6 Å². The smallest absolute Gasteiger partial charge is 0.410 e. The van der Waals surface area contributed by atoms with Gasteiger partial charge in [0.1, 0.15) is 40.3 Å². The first-order valence-corrected chi connectivity index (χ1v) is 29.9. The number of ether oxygens (including phenoxy) is 3. The number of nitrogens with zero attached hydrogens (tertiary/aromatic N) is 2. The molecule has 0 bridgehead atoms. The van der Waals surface area contributed by atoms with Crippen LogP contribution in [0.4, 0.5) is 9.59 Å². The molecule has 0 radical (unpaired) electrons. The summed E-state index contributed by atoms with van der Waals surface area (Å²) in [6.45, 7) is 25.1. The number of rotatable bonds is 5. The third kappa shape index (κ3) is 19.1. The molecule has 0 unspecified atom stereocenters. The standard InChI is InChI=1S/C21H26BrNO4.C13H19NO4.C8H9BrO.C4H6O3.2C2H4O2.Pb.H/c1-12-6-14(22)7-13(2)17(12)18-15(24)8-21(9-16(18)25)10-23(11-21)19(26)27-20(3,4)5;1-12(2,3)18-11(17)14-7-13(8-14)5-9(15)4-10(16)6-13;1-5-3-7(9)4-6(2)8(5)10;1-3(5)7-4(2)6;2*1-2(3)4;;/h6-7,18H,8-11H2,1-5H3;4-8H2,1-3H3;3-4,10H,1-2H3;1-2H3;2*1H3,(H,3,4);;/q;;;;;;+3;/p-3. The Balaban J connectivity index is 0.000000270. The van der Waals surface area contributed by atoms with Gasteiger partial charge in [0, 0.05) is 81.0 Å². The number of hydrogen-bond donors (Lipinski definition) is 0. The van der Waals surface area contributed by atoms with Crippen molar-refractivity contribution in [1.29, 1.82) is 0 Å². The molecule has 2 amide bonds. The van der Waals surface area contributed by atoms with Gasteiger partial charge in [0.2, 0.25) is 0 Å². The van der Waals surface area contributed by atoms with Gasteiger partial charge < -0.3 is 24.0 Å². The van der Waals surface area contributed by atoms with Crippen molar-refractivity contribution in [2.75, 3.05) is 26.2 Å². The Morgan fingerprint density at radius 2 is 0.901 bits per heavy atom. The molecule has 2 heterocycles. The monoisotopic (exact) mass is 1320 g/mol. The van der Waals surface area contributed by atoms with E-state index < -0.39 is 70.5 Å². The Kier molecular flexibility index (Phi) is 21.3. The molecule has 2 aromatic carbocycles. The van der Waals surface area contributed by atoms with E-state index in [1.807, 2.05) is 93.5 Å². The number of Topliss-reactive ketones (excluding diaryl/α,β-unsaturated/α-hetero) is 4. The second-order valence-corrected chi connectivity index (χ2v) is 27.4. The number of hydrogen-bond acceptors (Lipinski definition) is 16. The largest absolute Gasteiger partial charge is 0.444 e. The Bertz CT molecular complexity index is 2320. The minimum Gasteiger partial charge on any atom is -0.444 e. The molecule has 4 fully saturated rings. The van der Waals surface area contributed by atoms with Crippen molar-refractivity contribution in [2.24, 2.45) is 10.8 Å². The molecule has 2 aromatic rings. The Labute approximate surface area is 442 Å². The fourth-order valence-corrected chi connectivity index (χ4v) is 15.0. The number of carbonyl (C=O) groups is 10. The minimum atomic E-state index is -3.75. The summed E-state index contributed by atoms with van der Waals surface area (Å²) in [5.74, 6) is -2.28. The quantitative estimate of drug-likeness (QED) is 0.119. The second kappa shape index (κ2) is 24.9. The molecule has 2 spiro atoms. The van der Waals surface area contributed by atoms with Gasteiger partial charge in [-0.1, -0.05) is 15.9 Å². The maximum absolute atomic E-state index is 12.9. The number of likely N-dealkylation sites (tertiary alicyclic amines) is 2. The number of halogens is 2. The predicted octanol–water partition coefficient (Wildman–Crippen LogP) is 8.25. The van der Waals surface area contributed by atoms with E-state index in [1.165, 1.54) is 27.7 Å². The summed E-state index contributed by atoms with van der Waals surface area (Å²) in [5.41, 5.74) is 2.72. The molecule has 0 N–H and O–H groups in total. The molecule has 6 rings (SSSR count). The molecule has 2 aliphatic heterocycles. The number of benzene rings is 2. The van der Waals surface area contributed by atoms with Gasteiger partial charge in [0.05, 0.1) is 6.42 Å². The first kappa shape index (κ1) is 60.7. The van der Waals surface area contributed by atoms with Crippen LogP contribution < -0.4 is 2.69 Å². The summed E-state index contributed by atoms with van der Waals surface area (Å²) in [6, 6.07) is 7.66. The van der Waals surface area contributed by atoms with Crippen molar-refractivity contribution in [2.45, 2.75) is 146 Å². The van der Waals surface area contributed by atoms with Crippen LogP contribution in [0, 0.1) is 38.5 Å². The van der Waals surface area contributed by atoms with E-state index in [1.54, 1.807) is 9.80 Å². The Morgan fingerprint density at radius 1 is 0.563 bits per heavy atom. The van der Waals surface area contributed by atoms with Gasteiger partial charge in [0.25, 0.3) is 0 Å². The fraction of sp³-hybridized carbons (Fsp3) is 0.560. The number of amides is 2. The normalized spacial score (nSPS) is 16.9. The van der Waals surface area contributed by atoms with E-state index in [4.69, 9.17) is 17.5 Å². The topological polar surface area (TPSA) is 233 Å². The van der Waals surface area contributed by atoms with Crippen LogP contribution in [0.25, 0.3) is 0 Å². The van der Waals surface area contributed by atoms with Gasteiger partial charge in [-0.2, -0.15) is 0 Å². The molecule has 4 aliphatic rings. The molecule has 21 heteroatoms. The molecule has 18 nitrogen and oxygen atoms in total. The average molecular weight is 1320 g/mol. The second-order valence-electron chi connectivity index (χ2n) is 20.5. The minimum absolute atomic E-state index is 0.00455. The van der Waals surface area contributed by atoms with Gasteiger partial charge in [-0.15, -0.1) is 0 Å². The Morgan fingerprint density at radius 3 is 1.21 bits per heavy atom. The maximum Gasteiger partial charge on any atom is 0.410 e. The predicted molar refractivity (Wildman–Crippen MR) is 267 cm³/mol. The molecular formula is C50H66Br2N2O16Pb. The number of esters is 2. The van der Waals surface area contributed by atoms with Crippen LogP contribution in [0.1, 0.15) is 135 Å². The van der Waals surface area contributed by atoms with Crippen LogP contribution >= 0.6 is 31.9 Å². The third-order valence-electron chi connectivity index (χ3n) is 11.0. The van der Waals surface area contributed by atoms with E-state index >= 15 is 0 Å². The van der Waals surface area contributed by atoms with Gasteiger partial charge in [-0.05, 0) is 84.2 Å². The van der Waals surface area contributed by atoms with Crippen molar-refractivity contribution >= 4 is 115 Å². The maximum atomic E-state index is 12.9. The summed E-state index contributed by atoms with van der Waals surface area (Å²) >= 11 is 3.10. The molecular weight excluding hydrogens is 1250 g/mol. The summed E-state index contributed by atoms with van der Waals surface area (Å²) in [7, 11) is 0. The first-order valence-electron chi connectivity index (χ1n) is 22.8. The summed E-state index contributed by atoms with van der Waals surface area (Å²) < 4.78 is 32.2. The van der Waals surface area contributed by atoms with Crippen molar-refractivity contribution in [3.8, 4) is 5.75 Å². The van der Waals surface area contributed by atoms with Crippen molar-refractivity contribution in [3.05, 3.63) is 61.0 Å². The van der Waals surface area contributed by atoms with Gasteiger partial charge in [0.15, 0.2) is 0 Å². The van der Waals surface area contributed by atoms with Crippen LogP contribution in [0.5, 0.6) is 5.75 Å². The molecule has 0 aromatic heterocycles. The zero-order chi connectivity index (χ0) is 54.1. The molecule has 0 atom stereocenters. The SMILES string of the molecule is CC(=O)OC(C)=O.CC(=O)[O][PbH]([O]C(C)=O)[O]c1c(C)cc(Br)cc1C.CC(C)(C)OC(=O)N1CC2(CC(=O)CC(=O)C2)C1.Cc1cc(Br)cc(C)c1C1C(=O)CC2(CC1=O)CN(C(=O)OC(C)(C)C)C2. The summed E-state index contributed by atoms with van der Waals surface area (Å²) in [4.78, 5) is 117. The molecule has 2 saturated carbocycles. The third-order valence-corrected chi connectivity index (χ3v) is 17.6. The summed E-state index contributed by atoms with van der Waals surface area (Å²) in [6.07, 6.45) is 0.813. The molecule has 71 heavy (non-hydrogen) atoms. The van der Waals surface area contributed by atoms with E-state index in [-0.39, 0.29) is 47.2 Å². The van der Waals surface area contributed by atoms with Gasteiger partial charge in [-0.3, -0.25) is 28.8 Å². The van der Waals surface area contributed by atoms with Gasteiger partial charge in [-0.25, -0.2) is 9.59 Å². The van der Waals surface area contributed by atoms with Crippen molar-refractivity contribution in [3.63, 3.8) is 0 Å². The number of aryl methyl sites for hydroxylation is 4. The molecule has 390 valence electrons. The Hall–Kier alpha value is -4.58. The van der Waals surface area contributed by atoms with Crippen LogP contribution in [-0.2, 0) is 57.9 Å². The van der Waals surface area contributed by atoms with Crippen LogP contribution in [0.3, 0.4) is 0 Å². The van der Waals surface area contributed by atoms with Gasteiger partial charge >= 0.3 is 155 Å². The van der Waals surface area contributed by atoms with E-state index in [0.29, 0.717) is 57.6 Å². The fourth-order valence-electron chi connectivity index (χ4n) is 8.74. The van der Waals surface area contributed by atoms with E-state index in [9.17, 15) is 47.9 Å². The number of ketones is 4. The van der Waals surface area contributed by atoms with E-state index in [0.717, 1.165) is 36.8 Å². The van der Waals surface area contributed by atoms with Crippen LogP contribution in [0.2, 0.25) is 0 Å². The van der Waals surface area contributed by atoms with Crippen molar-refractivity contribution < 1.29 is 70.2 Å². The van der Waals surface area contributed by atoms with Crippen LogP contribution in [-0.4, -0.2) is 130 Å². The zero-order valence-corrected chi connectivity index (χ0v) is 50.7. The van der Waals surface area contributed by atoms with Crippen LogP contribution in [0.15, 0.2) is 33.2 Å². The summed E-state index contributed by atoms with van der Waals surface area (Å²) in [5, 5.41) is 0. The average Bonchev–Trinajstić information content (AvgIpc) is 3.12.